The third kappa shape index (κ3) is 4.46. The average Bonchev–Trinajstić information content (AvgIpc) is 2.95. The van der Waals surface area contributed by atoms with Gasteiger partial charge in [-0.05, 0) is 57.4 Å². The monoisotopic (exact) mass is 406 g/mol. The summed E-state index contributed by atoms with van der Waals surface area (Å²) in [5.41, 5.74) is 4.65. The highest BCUT2D eigenvalue weighted by Crippen LogP contribution is 2.35. The quantitative estimate of drug-likeness (QED) is 0.484. The summed E-state index contributed by atoms with van der Waals surface area (Å²) in [6.45, 7) is 8.79. The fraction of sp³-hybridized carbons (Fsp3) is 0.360. The zero-order chi connectivity index (χ0) is 21.8. The number of rotatable bonds is 8. The molecule has 0 atom stereocenters. The van der Waals surface area contributed by atoms with E-state index in [1.165, 1.54) is 4.90 Å². The highest BCUT2D eigenvalue weighted by atomic mass is 16.5. The van der Waals surface area contributed by atoms with Crippen LogP contribution in [0.1, 0.15) is 37.0 Å². The van der Waals surface area contributed by atoms with E-state index in [2.05, 4.69) is 0 Å². The number of hydrogen-bond donors (Lipinski definition) is 0. The molecule has 2 aromatic carbocycles. The molecule has 1 aliphatic rings. The molecule has 1 heterocycles. The first-order valence-corrected chi connectivity index (χ1v) is 10.4. The van der Waals surface area contributed by atoms with E-state index in [0.717, 1.165) is 22.4 Å². The number of hydrogen-bond acceptors (Lipinski definition) is 4. The van der Waals surface area contributed by atoms with E-state index in [1.54, 1.807) is 0 Å². The second kappa shape index (κ2) is 9.26. The fourth-order valence-corrected chi connectivity index (χ4v) is 3.74. The molecule has 0 fully saturated rings. The van der Waals surface area contributed by atoms with Gasteiger partial charge >= 0.3 is 0 Å². The van der Waals surface area contributed by atoms with Crippen molar-refractivity contribution in [2.75, 3.05) is 25.1 Å². The van der Waals surface area contributed by atoms with Gasteiger partial charge in [-0.25, -0.2) is 0 Å². The predicted molar refractivity (Wildman–Crippen MR) is 120 cm³/mol. The number of carbonyl (C=O) groups excluding carboxylic acids is 2. The summed E-state index contributed by atoms with van der Waals surface area (Å²) in [6.07, 6.45) is 0.733. The van der Waals surface area contributed by atoms with E-state index in [1.807, 2.05) is 88.2 Å². The number of imide groups is 1. The minimum absolute atomic E-state index is 0.124. The van der Waals surface area contributed by atoms with Crippen molar-refractivity contribution in [1.29, 1.82) is 0 Å². The maximum Gasteiger partial charge on any atom is 0.278 e. The molecule has 0 N–H and O–H groups in total. The Labute approximate surface area is 178 Å². The van der Waals surface area contributed by atoms with Gasteiger partial charge in [0.25, 0.3) is 11.8 Å². The Morgan fingerprint density at radius 1 is 1.00 bits per heavy atom. The minimum Gasteiger partial charge on any atom is -0.379 e. The van der Waals surface area contributed by atoms with Crippen LogP contribution in [0.5, 0.6) is 0 Å². The van der Waals surface area contributed by atoms with Crippen LogP contribution < -0.4 is 4.90 Å². The first kappa shape index (κ1) is 21.8. The number of anilines is 1. The normalized spacial score (nSPS) is 14.3. The van der Waals surface area contributed by atoms with Crippen molar-refractivity contribution < 1.29 is 14.3 Å². The lowest BCUT2D eigenvalue weighted by molar-refractivity contribution is -0.137. The molecule has 30 heavy (non-hydrogen) atoms. The number of amides is 2. The smallest absolute Gasteiger partial charge is 0.278 e. The Hall–Kier alpha value is -2.92. The maximum absolute atomic E-state index is 13.4. The van der Waals surface area contributed by atoms with E-state index < -0.39 is 0 Å². The largest absolute Gasteiger partial charge is 0.379 e. The SMILES string of the molecule is Cc1ccc(C2=C(N(C)c3ccccc3)C(=O)N(CCCOC(C)C)C2=O)c(C)c1. The average molecular weight is 407 g/mol. The number of carbonyl (C=O) groups is 2. The number of ether oxygens (including phenoxy) is 1. The van der Waals surface area contributed by atoms with Crippen molar-refractivity contribution in [1.82, 2.24) is 4.90 Å². The van der Waals surface area contributed by atoms with Crippen LogP contribution in [0.2, 0.25) is 0 Å². The van der Waals surface area contributed by atoms with Crippen molar-refractivity contribution in [2.24, 2.45) is 0 Å². The molecule has 2 amide bonds. The zero-order valence-corrected chi connectivity index (χ0v) is 18.4. The maximum atomic E-state index is 13.4. The van der Waals surface area contributed by atoms with Crippen LogP contribution in [0, 0.1) is 13.8 Å². The molecule has 0 saturated heterocycles. The highest BCUT2D eigenvalue weighted by Gasteiger charge is 2.41. The number of benzene rings is 2. The Balaban J connectivity index is 2.00. The van der Waals surface area contributed by atoms with Crippen LogP contribution in [0.4, 0.5) is 5.69 Å². The third-order valence-corrected chi connectivity index (χ3v) is 5.25. The molecule has 3 rings (SSSR count). The molecule has 0 aromatic heterocycles. The lowest BCUT2D eigenvalue weighted by Gasteiger charge is -2.22. The molecule has 0 spiro atoms. The van der Waals surface area contributed by atoms with E-state index in [0.29, 0.717) is 30.8 Å². The van der Waals surface area contributed by atoms with Crippen molar-refractivity contribution in [2.45, 2.75) is 40.2 Å². The summed E-state index contributed by atoms with van der Waals surface area (Å²) in [7, 11) is 1.84. The van der Waals surface area contributed by atoms with Crippen LogP contribution >= 0.6 is 0 Å². The number of likely N-dealkylation sites (N-methyl/N-ethyl adjacent to an activating group) is 1. The van der Waals surface area contributed by atoms with Crippen LogP contribution in [-0.4, -0.2) is 43.0 Å². The van der Waals surface area contributed by atoms with E-state index in [-0.39, 0.29) is 17.9 Å². The molecule has 0 aliphatic carbocycles. The van der Waals surface area contributed by atoms with Crippen LogP contribution in [0.15, 0.2) is 54.2 Å². The van der Waals surface area contributed by atoms with Gasteiger partial charge in [0.15, 0.2) is 0 Å². The fourth-order valence-electron chi connectivity index (χ4n) is 3.74. The first-order valence-electron chi connectivity index (χ1n) is 10.4. The van der Waals surface area contributed by atoms with Crippen LogP contribution in [-0.2, 0) is 14.3 Å². The van der Waals surface area contributed by atoms with E-state index in [9.17, 15) is 9.59 Å². The summed E-state index contributed by atoms with van der Waals surface area (Å²) in [4.78, 5) is 30.0. The topological polar surface area (TPSA) is 49.9 Å². The van der Waals surface area contributed by atoms with Gasteiger partial charge in [-0.3, -0.25) is 14.5 Å². The summed E-state index contributed by atoms with van der Waals surface area (Å²) in [5.74, 6) is -0.500. The molecular weight excluding hydrogens is 376 g/mol. The molecule has 158 valence electrons. The lowest BCUT2D eigenvalue weighted by Crippen LogP contribution is -2.35. The van der Waals surface area contributed by atoms with Gasteiger partial charge in [-0.1, -0.05) is 42.0 Å². The molecule has 5 heteroatoms. The summed E-state index contributed by atoms with van der Waals surface area (Å²) < 4.78 is 5.59. The third-order valence-electron chi connectivity index (χ3n) is 5.25. The summed E-state index contributed by atoms with van der Waals surface area (Å²) >= 11 is 0. The van der Waals surface area contributed by atoms with Gasteiger partial charge in [-0.2, -0.15) is 0 Å². The van der Waals surface area contributed by atoms with Crippen molar-refractivity contribution in [3.8, 4) is 0 Å². The second-order valence-corrected chi connectivity index (χ2v) is 7.97. The van der Waals surface area contributed by atoms with Gasteiger partial charge in [0, 0.05) is 25.9 Å². The molecule has 0 bridgehead atoms. The van der Waals surface area contributed by atoms with E-state index in [4.69, 9.17) is 4.74 Å². The van der Waals surface area contributed by atoms with Crippen LogP contribution in [0.3, 0.4) is 0 Å². The van der Waals surface area contributed by atoms with Gasteiger partial charge in [0.05, 0.1) is 11.7 Å². The molecule has 0 unspecified atom stereocenters. The van der Waals surface area contributed by atoms with Crippen molar-refractivity contribution >= 4 is 23.1 Å². The molecule has 1 aliphatic heterocycles. The van der Waals surface area contributed by atoms with Crippen molar-refractivity contribution in [3.05, 3.63) is 70.9 Å². The van der Waals surface area contributed by atoms with Crippen LogP contribution in [0.25, 0.3) is 5.57 Å². The molecule has 0 saturated carbocycles. The van der Waals surface area contributed by atoms with E-state index >= 15 is 0 Å². The Morgan fingerprint density at radius 3 is 2.33 bits per heavy atom. The Morgan fingerprint density at radius 2 is 1.70 bits per heavy atom. The van der Waals surface area contributed by atoms with Gasteiger partial charge in [0.1, 0.15) is 5.70 Å². The summed E-state index contributed by atoms with van der Waals surface area (Å²) in [6, 6.07) is 15.6. The number of aryl methyl sites for hydroxylation is 2. The molecule has 5 nitrogen and oxygen atoms in total. The number of nitrogens with zero attached hydrogens (tertiary/aromatic N) is 2. The molecule has 2 aromatic rings. The first-order chi connectivity index (χ1) is 14.3. The Kier molecular flexibility index (Phi) is 6.73. The summed E-state index contributed by atoms with van der Waals surface area (Å²) in [5, 5.41) is 0. The number of para-hydroxylation sites is 1. The highest BCUT2D eigenvalue weighted by molar-refractivity contribution is 6.36. The van der Waals surface area contributed by atoms with Crippen molar-refractivity contribution in [3.63, 3.8) is 0 Å². The minimum atomic E-state index is -0.258. The zero-order valence-electron chi connectivity index (χ0n) is 18.4. The molecule has 0 radical (unpaired) electrons. The van der Waals surface area contributed by atoms with Gasteiger partial charge < -0.3 is 9.64 Å². The predicted octanol–water partition coefficient (Wildman–Crippen LogP) is 4.33. The van der Waals surface area contributed by atoms with Gasteiger partial charge in [0.2, 0.25) is 0 Å². The Bertz CT molecular complexity index is 964. The lowest BCUT2D eigenvalue weighted by atomic mass is 9.97. The van der Waals surface area contributed by atoms with Gasteiger partial charge in [-0.15, -0.1) is 0 Å². The standard InChI is InChI=1S/C25H30N2O3/c1-17(2)30-15-9-14-27-24(28)22(21-13-12-18(3)16-19(21)4)23(25(27)29)26(5)20-10-7-6-8-11-20/h6-8,10-13,16-17H,9,14-15H2,1-5H3. The second-order valence-electron chi connectivity index (χ2n) is 7.97. The molecular formula is C25H30N2O3.